The molecule has 25 heavy (non-hydrogen) atoms. The van der Waals surface area contributed by atoms with E-state index in [2.05, 4.69) is 20.8 Å². The number of benzene rings is 1. The number of hydrogen-bond donors (Lipinski definition) is 2. The van der Waals surface area contributed by atoms with E-state index in [0.29, 0.717) is 5.76 Å². The van der Waals surface area contributed by atoms with Crippen LogP contribution in [0.2, 0.25) is 5.02 Å². The molecule has 0 aliphatic rings. The largest absolute Gasteiger partial charge is 0.431 e. The first-order valence-corrected chi connectivity index (χ1v) is 7.27. The molecule has 0 unspecified atom stereocenters. The zero-order valence-corrected chi connectivity index (χ0v) is 13.4. The average Bonchev–Trinajstić information content (AvgIpc) is 3.20. The smallest absolute Gasteiger partial charge is 0.302 e. The van der Waals surface area contributed by atoms with Gasteiger partial charge in [0.2, 0.25) is 0 Å². The molecule has 2 amide bonds. The van der Waals surface area contributed by atoms with Crippen LogP contribution in [0.25, 0.3) is 0 Å². The van der Waals surface area contributed by atoms with E-state index < -0.39 is 17.6 Å². The molecule has 2 heterocycles. The number of nitrogens with one attached hydrogen (secondary N) is 2. The molecule has 0 saturated carbocycles. The lowest BCUT2D eigenvalue weighted by Crippen LogP contribution is -2.14. The standard InChI is InChI=1S/C15H10ClFN4O4/c1-7-4-11(21-25-7)13(22)20-15-19-12(6-24-15)14(23)18-8-2-3-10(17)9(16)5-8/h2-6H,1H3,(H,18,23)(H,19,20,22). The number of carbonyl (C=O) groups is 2. The summed E-state index contributed by atoms with van der Waals surface area (Å²) in [6.45, 7) is 1.64. The second-order valence-electron chi connectivity index (χ2n) is 4.90. The molecule has 0 aliphatic heterocycles. The molecule has 1 aromatic carbocycles. The van der Waals surface area contributed by atoms with E-state index >= 15 is 0 Å². The minimum Gasteiger partial charge on any atom is -0.431 e. The number of hydrogen-bond acceptors (Lipinski definition) is 6. The van der Waals surface area contributed by atoms with E-state index in [9.17, 15) is 14.0 Å². The Morgan fingerprint density at radius 2 is 1.92 bits per heavy atom. The van der Waals surface area contributed by atoms with Gasteiger partial charge in [0.15, 0.2) is 11.4 Å². The van der Waals surface area contributed by atoms with Crippen LogP contribution in [0.4, 0.5) is 16.1 Å². The Kier molecular flexibility index (Phi) is 4.48. The van der Waals surface area contributed by atoms with E-state index in [1.807, 2.05) is 0 Å². The van der Waals surface area contributed by atoms with Crippen LogP contribution in [0.5, 0.6) is 0 Å². The second-order valence-corrected chi connectivity index (χ2v) is 5.31. The Bertz CT molecular complexity index is 953. The maximum absolute atomic E-state index is 13.1. The maximum atomic E-state index is 13.1. The zero-order chi connectivity index (χ0) is 18.0. The molecular weight excluding hydrogens is 355 g/mol. The highest BCUT2D eigenvalue weighted by Crippen LogP contribution is 2.20. The molecule has 10 heteroatoms. The van der Waals surface area contributed by atoms with Gasteiger partial charge in [-0.2, -0.15) is 4.98 Å². The lowest BCUT2D eigenvalue weighted by molar-refractivity contribution is 0.100. The molecule has 3 aromatic rings. The number of amides is 2. The molecule has 2 aromatic heterocycles. The third kappa shape index (κ3) is 3.83. The van der Waals surface area contributed by atoms with E-state index in [-0.39, 0.29) is 28.1 Å². The molecule has 0 atom stereocenters. The van der Waals surface area contributed by atoms with Gasteiger partial charge in [0.1, 0.15) is 17.8 Å². The summed E-state index contributed by atoms with van der Waals surface area (Å²) in [6, 6.07) is 4.96. The first-order chi connectivity index (χ1) is 11.9. The summed E-state index contributed by atoms with van der Waals surface area (Å²) < 4.78 is 22.9. The predicted molar refractivity (Wildman–Crippen MR) is 85.1 cm³/mol. The van der Waals surface area contributed by atoms with Crippen LogP contribution < -0.4 is 10.6 Å². The van der Waals surface area contributed by atoms with Crippen molar-refractivity contribution < 1.29 is 22.9 Å². The highest BCUT2D eigenvalue weighted by molar-refractivity contribution is 6.31. The third-order valence-electron chi connectivity index (χ3n) is 3.00. The minimum atomic E-state index is -0.621. The number of nitrogens with zero attached hydrogens (tertiary/aromatic N) is 2. The number of anilines is 2. The molecule has 0 fully saturated rings. The van der Waals surface area contributed by atoms with Gasteiger partial charge in [-0.1, -0.05) is 16.8 Å². The Labute approximate surface area is 145 Å². The Morgan fingerprint density at radius 3 is 2.60 bits per heavy atom. The van der Waals surface area contributed by atoms with Gasteiger partial charge in [-0.05, 0) is 25.1 Å². The van der Waals surface area contributed by atoms with E-state index in [1.165, 1.54) is 18.2 Å². The summed E-state index contributed by atoms with van der Waals surface area (Å²) in [7, 11) is 0. The summed E-state index contributed by atoms with van der Waals surface area (Å²) in [5.41, 5.74) is 0.234. The normalized spacial score (nSPS) is 10.5. The predicted octanol–water partition coefficient (Wildman–Crippen LogP) is 3.27. The van der Waals surface area contributed by atoms with Crippen LogP contribution in [0.3, 0.4) is 0 Å². The summed E-state index contributed by atoms with van der Waals surface area (Å²) >= 11 is 5.64. The van der Waals surface area contributed by atoms with Gasteiger partial charge in [0, 0.05) is 11.8 Å². The van der Waals surface area contributed by atoms with Crippen LogP contribution in [-0.4, -0.2) is 22.0 Å². The molecule has 3 rings (SSSR count). The highest BCUT2D eigenvalue weighted by Gasteiger charge is 2.17. The number of rotatable bonds is 4. The zero-order valence-electron chi connectivity index (χ0n) is 12.7. The van der Waals surface area contributed by atoms with Crippen molar-refractivity contribution in [2.45, 2.75) is 6.92 Å². The van der Waals surface area contributed by atoms with E-state index in [1.54, 1.807) is 6.92 Å². The van der Waals surface area contributed by atoms with Crippen LogP contribution in [0, 0.1) is 12.7 Å². The summed E-state index contributed by atoms with van der Waals surface area (Å²) in [5.74, 6) is -1.36. The number of aryl methyl sites for hydroxylation is 1. The highest BCUT2D eigenvalue weighted by atomic mass is 35.5. The van der Waals surface area contributed by atoms with Crippen LogP contribution in [0.15, 0.2) is 39.5 Å². The van der Waals surface area contributed by atoms with E-state index in [0.717, 1.165) is 12.3 Å². The number of aromatic nitrogens is 2. The topological polar surface area (TPSA) is 110 Å². The fraction of sp³-hybridized carbons (Fsp3) is 0.0667. The van der Waals surface area contributed by atoms with Crippen molar-refractivity contribution in [3.63, 3.8) is 0 Å². The van der Waals surface area contributed by atoms with Crippen LogP contribution in [0.1, 0.15) is 26.7 Å². The van der Waals surface area contributed by atoms with Crippen molar-refractivity contribution in [2.24, 2.45) is 0 Å². The molecule has 2 N–H and O–H groups in total. The number of halogens is 2. The Hall–Kier alpha value is -3.20. The lowest BCUT2D eigenvalue weighted by atomic mass is 10.3. The van der Waals surface area contributed by atoms with Crippen molar-refractivity contribution in [3.05, 3.63) is 58.5 Å². The van der Waals surface area contributed by atoms with Gasteiger partial charge in [-0.3, -0.25) is 14.9 Å². The molecule has 0 bridgehead atoms. The van der Waals surface area contributed by atoms with Crippen molar-refractivity contribution in [3.8, 4) is 0 Å². The summed E-state index contributed by atoms with van der Waals surface area (Å²) in [4.78, 5) is 27.8. The minimum absolute atomic E-state index is 0.0441. The first kappa shape index (κ1) is 16.7. The van der Waals surface area contributed by atoms with Crippen molar-refractivity contribution in [1.82, 2.24) is 10.1 Å². The van der Waals surface area contributed by atoms with E-state index in [4.69, 9.17) is 20.5 Å². The maximum Gasteiger partial charge on any atom is 0.302 e. The monoisotopic (exact) mass is 364 g/mol. The average molecular weight is 365 g/mol. The molecule has 0 saturated heterocycles. The molecular formula is C15H10ClFN4O4. The summed E-state index contributed by atoms with van der Waals surface area (Å²) in [5, 5.41) is 8.23. The van der Waals surface area contributed by atoms with Crippen molar-refractivity contribution in [2.75, 3.05) is 10.6 Å². The summed E-state index contributed by atoms with van der Waals surface area (Å²) in [6.07, 6.45) is 1.06. The fourth-order valence-electron chi connectivity index (χ4n) is 1.84. The molecule has 128 valence electrons. The van der Waals surface area contributed by atoms with Crippen molar-refractivity contribution >= 4 is 35.1 Å². The molecule has 8 nitrogen and oxygen atoms in total. The van der Waals surface area contributed by atoms with Gasteiger partial charge < -0.3 is 14.3 Å². The SMILES string of the molecule is Cc1cc(C(=O)Nc2nc(C(=O)Nc3ccc(F)c(Cl)c3)co2)no1. The third-order valence-corrected chi connectivity index (χ3v) is 3.29. The lowest BCUT2D eigenvalue weighted by Gasteiger charge is -2.03. The number of oxazole rings is 1. The van der Waals surface area contributed by atoms with Crippen LogP contribution >= 0.6 is 11.6 Å². The molecule has 0 spiro atoms. The van der Waals surface area contributed by atoms with Gasteiger partial charge in [-0.15, -0.1) is 0 Å². The Balaban J connectivity index is 1.67. The van der Waals surface area contributed by atoms with Crippen LogP contribution in [-0.2, 0) is 0 Å². The van der Waals surface area contributed by atoms with Crippen molar-refractivity contribution in [1.29, 1.82) is 0 Å². The fourth-order valence-corrected chi connectivity index (χ4v) is 2.02. The molecule has 0 radical (unpaired) electrons. The second kappa shape index (κ2) is 6.73. The van der Waals surface area contributed by atoms with Gasteiger partial charge >= 0.3 is 6.01 Å². The van der Waals surface area contributed by atoms with Gasteiger partial charge in [0.05, 0.1) is 5.02 Å². The quantitative estimate of drug-likeness (QED) is 0.735. The van der Waals surface area contributed by atoms with Gasteiger partial charge in [0.25, 0.3) is 11.8 Å². The Morgan fingerprint density at radius 1 is 1.16 bits per heavy atom. The first-order valence-electron chi connectivity index (χ1n) is 6.89. The van der Waals surface area contributed by atoms with Gasteiger partial charge in [-0.25, -0.2) is 4.39 Å². The number of carbonyl (C=O) groups excluding carboxylic acids is 2. The molecule has 0 aliphatic carbocycles.